The van der Waals surface area contributed by atoms with E-state index in [1.807, 2.05) is 6.07 Å². The summed E-state index contributed by atoms with van der Waals surface area (Å²) in [5.74, 6) is 0. The number of fused-ring (bicyclic) bond motifs is 1. The Morgan fingerprint density at radius 2 is 2.12 bits per heavy atom. The number of halogens is 2. The molecule has 2 rings (SSSR count). The van der Waals surface area contributed by atoms with E-state index >= 15 is 0 Å². The molecular formula is C13H17Cl2N. The highest BCUT2D eigenvalue weighted by Crippen LogP contribution is 2.35. The van der Waals surface area contributed by atoms with E-state index in [2.05, 4.69) is 18.3 Å². The lowest BCUT2D eigenvalue weighted by Gasteiger charge is -2.19. The largest absolute Gasteiger partial charge is 0.310 e. The number of hydrogen-bond acceptors (Lipinski definition) is 1. The third-order valence-corrected chi connectivity index (χ3v) is 3.75. The van der Waals surface area contributed by atoms with E-state index in [-0.39, 0.29) is 0 Å². The van der Waals surface area contributed by atoms with Crippen molar-refractivity contribution in [2.75, 3.05) is 6.54 Å². The highest BCUT2D eigenvalue weighted by Gasteiger charge is 2.20. The Bertz CT molecular complexity index is 376. The fraction of sp³-hybridized carbons (Fsp3) is 0.538. The van der Waals surface area contributed by atoms with Crippen LogP contribution in [0.15, 0.2) is 12.1 Å². The van der Waals surface area contributed by atoms with Crippen molar-refractivity contribution < 1.29 is 0 Å². The maximum Gasteiger partial charge on any atom is 0.0456 e. The van der Waals surface area contributed by atoms with Crippen LogP contribution in [0.25, 0.3) is 0 Å². The lowest BCUT2D eigenvalue weighted by molar-refractivity contribution is 0.504. The van der Waals surface area contributed by atoms with Crippen LogP contribution in [0.3, 0.4) is 0 Å². The Morgan fingerprint density at radius 1 is 1.31 bits per heavy atom. The molecule has 1 nitrogen and oxygen atoms in total. The second kappa shape index (κ2) is 5.39. The van der Waals surface area contributed by atoms with Crippen LogP contribution in [-0.4, -0.2) is 6.54 Å². The molecule has 16 heavy (non-hydrogen) atoms. The first kappa shape index (κ1) is 12.2. The van der Waals surface area contributed by atoms with Crippen molar-refractivity contribution in [3.8, 4) is 0 Å². The second-order valence-corrected chi connectivity index (χ2v) is 5.16. The van der Waals surface area contributed by atoms with Gasteiger partial charge in [0.05, 0.1) is 0 Å². The molecule has 0 spiro atoms. The lowest BCUT2D eigenvalue weighted by Crippen LogP contribution is -2.21. The molecule has 0 saturated heterocycles. The number of nitrogens with one attached hydrogen (secondary N) is 1. The molecule has 1 aromatic carbocycles. The van der Waals surface area contributed by atoms with Crippen molar-refractivity contribution >= 4 is 23.2 Å². The van der Waals surface area contributed by atoms with Gasteiger partial charge in [0.25, 0.3) is 0 Å². The Hall–Kier alpha value is -0.240. The molecule has 1 aliphatic carbocycles. The Balaban J connectivity index is 2.43. The summed E-state index contributed by atoms with van der Waals surface area (Å²) < 4.78 is 0. The summed E-state index contributed by atoms with van der Waals surface area (Å²) in [4.78, 5) is 0. The van der Waals surface area contributed by atoms with Crippen LogP contribution < -0.4 is 5.32 Å². The van der Waals surface area contributed by atoms with Gasteiger partial charge in [-0.2, -0.15) is 0 Å². The van der Waals surface area contributed by atoms with Crippen LogP contribution in [0.5, 0.6) is 0 Å². The van der Waals surface area contributed by atoms with E-state index < -0.39 is 0 Å². The minimum Gasteiger partial charge on any atom is -0.310 e. The van der Waals surface area contributed by atoms with Crippen LogP contribution in [0.2, 0.25) is 10.0 Å². The van der Waals surface area contributed by atoms with Gasteiger partial charge >= 0.3 is 0 Å². The number of rotatable bonds is 2. The quantitative estimate of drug-likeness (QED) is 0.776. The van der Waals surface area contributed by atoms with Crippen LogP contribution >= 0.6 is 23.2 Å². The molecule has 1 atom stereocenters. The summed E-state index contributed by atoms with van der Waals surface area (Å²) in [5, 5.41) is 5.09. The van der Waals surface area contributed by atoms with Gasteiger partial charge in [0.1, 0.15) is 0 Å². The number of benzene rings is 1. The maximum absolute atomic E-state index is 6.27. The van der Waals surface area contributed by atoms with Crippen molar-refractivity contribution in [2.45, 2.75) is 38.6 Å². The molecule has 88 valence electrons. The first-order valence-corrected chi connectivity index (χ1v) is 6.69. The SMILES string of the molecule is CCNC1CCCCc2c(Cl)cc(Cl)cc21. The molecule has 0 radical (unpaired) electrons. The second-order valence-electron chi connectivity index (χ2n) is 4.31. The van der Waals surface area contributed by atoms with E-state index in [1.54, 1.807) is 0 Å². The average Bonchev–Trinajstić information content (AvgIpc) is 2.42. The monoisotopic (exact) mass is 257 g/mol. The fourth-order valence-corrected chi connectivity index (χ4v) is 3.07. The Kier molecular flexibility index (Phi) is 4.12. The van der Waals surface area contributed by atoms with Crippen molar-refractivity contribution in [3.05, 3.63) is 33.3 Å². The van der Waals surface area contributed by atoms with E-state index in [4.69, 9.17) is 23.2 Å². The van der Waals surface area contributed by atoms with Gasteiger partial charge in [0, 0.05) is 16.1 Å². The molecule has 0 amide bonds. The van der Waals surface area contributed by atoms with Gasteiger partial charge in [-0.3, -0.25) is 0 Å². The average molecular weight is 258 g/mol. The van der Waals surface area contributed by atoms with Crippen LogP contribution in [0, 0.1) is 0 Å². The van der Waals surface area contributed by atoms with Crippen molar-refractivity contribution in [3.63, 3.8) is 0 Å². The number of hydrogen-bond donors (Lipinski definition) is 1. The maximum atomic E-state index is 6.27. The Morgan fingerprint density at radius 3 is 2.88 bits per heavy atom. The van der Waals surface area contributed by atoms with Gasteiger partial charge in [0.15, 0.2) is 0 Å². The third-order valence-electron chi connectivity index (χ3n) is 3.19. The first-order valence-electron chi connectivity index (χ1n) is 5.93. The topological polar surface area (TPSA) is 12.0 Å². The molecule has 0 fully saturated rings. The van der Waals surface area contributed by atoms with E-state index in [0.29, 0.717) is 6.04 Å². The zero-order valence-corrected chi connectivity index (χ0v) is 11.0. The smallest absolute Gasteiger partial charge is 0.0456 e. The molecular weight excluding hydrogens is 241 g/mol. The predicted molar refractivity (Wildman–Crippen MR) is 70.4 cm³/mol. The first-order chi connectivity index (χ1) is 7.72. The van der Waals surface area contributed by atoms with Gasteiger partial charge in [-0.25, -0.2) is 0 Å². The minimum atomic E-state index is 0.415. The summed E-state index contributed by atoms with van der Waals surface area (Å²) in [5.41, 5.74) is 2.59. The van der Waals surface area contributed by atoms with Gasteiger partial charge in [-0.15, -0.1) is 0 Å². The zero-order chi connectivity index (χ0) is 11.5. The molecule has 0 bridgehead atoms. The summed E-state index contributed by atoms with van der Waals surface area (Å²) in [6, 6.07) is 4.34. The summed E-state index contributed by atoms with van der Waals surface area (Å²) in [6.07, 6.45) is 4.72. The fourth-order valence-electron chi connectivity index (χ4n) is 2.46. The lowest BCUT2D eigenvalue weighted by atomic mass is 9.99. The van der Waals surface area contributed by atoms with Gasteiger partial charge in [-0.1, -0.05) is 36.5 Å². The molecule has 0 saturated carbocycles. The summed E-state index contributed by atoms with van der Waals surface area (Å²) in [6.45, 7) is 3.12. The van der Waals surface area contributed by atoms with Gasteiger partial charge < -0.3 is 5.32 Å². The highest BCUT2D eigenvalue weighted by atomic mass is 35.5. The standard InChI is InChI=1S/C13H17Cl2N/c1-2-16-13-6-4-3-5-10-11(13)7-9(14)8-12(10)15/h7-8,13,16H,2-6H2,1H3. The van der Waals surface area contributed by atoms with Crippen molar-refractivity contribution in [2.24, 2.45) is 0 Å². The van der Waals surface area contributed by atoms with Gasteiger partial charge in [-0.05, 0) is 49.1 Å². The molecule has 0 aliphatic heterocycles. The summed E-state index contributed by atoms with van der Waals surface area (Å²) in [7, 11) is 0. The Labute approximate surface area is 107 Å². The third kappa shape index (κ3) is 2.53. The van der Waals surface area contributed by atoms with Crippen molar-refractivity contribution in [1.29, 1.82) is 0 Å². The summed E-state index contributed by atoms with van der Waals surface area (Å²) >= 11 is 12.4. The van der Waals surface area contributed by atoms with Crippen molar-refractivity contribution in [1.82, 2.24) is 5.32 Å². The zero-order valence-electron chi connectivity index (χ0n) is 9.52. The molecule has 1 aromatic rings. The highest BCUT2D eigenvalue weighted by molar-refractivity contribution is 6.35. The predicted octanol–water partition coefficient (Wildman–Crippen LogP) is 4.37. The van der Waals surface area contributed by atoms with E-state index in [1.165, 1.54) is 30.4 Å². The van der Waals surface area contributed by atoms with E-state index in [0.717, 1.165) is 23.0 Å². The minimum absolute atomic E-state index is 0.415. The van der Waals surface area contributed by atoms with E-state index in [9.17, 15) is 0 Å². The molecule has 0 aromatic heterocycles. The molecule has 1 unspecified atom stereocenters. The van der Waals surface area contributed by atoms with Crippen LogP contribution in [0.1, 0.15) is 43.4 Å². The normalized spacial score (nSPS) is 20.3. The molecule has 1 aliphatic rings. The van der Waals surface area contributed by atoms with Crippen LogP contribution in [-0.2, 0) is 6.42 Å². The molecule has 1 N–H and O–H groups in total. The van der Waals surface area contributed by atoms with Gasteiger partial charge in [0.2, 0.25) is 0 Å². The molecule has 3 heteroatoms. The molecule has 0 heterocycles. The van der Waals surface area contributed by atoms with Crippen LogP contribution in [0.4, 0.5) is 0 Å².